The van der Waals surface area contributed by atoms with Gasteiger partial charge in [0, 0.05) is 17.5 Å². The molecule has 2 fully saturated rings. The van der Waals surface area contributed by atoms with Crippen molar-refractivity contribution < 1.29 is 24.6 Å². The zero-order valence-electron chi connectivity index (χ0n) is 12.2. The molecular formula is C15H14Cl2N2O5. The molecular weight excluding hydrogens is 359 g/mol. The highest BCUT2D eigenvalue weighted by molar-refractivity contribution is 6.42. The third-order valence-electron chi connectivity index (χ3n) is 4.87. The Morgan fingerprint density at radius 2 is 1.88 bits per heavy atom. The van der Waals surface area contributed by atoms with Gasteiger partial charge in [-0.1, -0.05) is 23.2 Å². The smallest absolute Gasteiger partial charge is 0.324 e. The molecule has 3 rings (SSSR count). The second-order valence-electron chi connectivity index (χ2n) is 6.23. The normalized spacial score (nSPS) is 33.6. The molecule has 2 aliphatic rings. The Hall–Kier alpha value is -1.83. The van der Waals surface area contributed by atoms with Crippen LogP contribution in [0.5, 0.6) is 0 Å². The van der Waals surface area contributed by atoms with Crippen molar-refractivity contribution in [1.82, 2.24) is 5.32 Å². The van der Waals surface area contributed by atoms with Crippen molar-refractivity contribution >= 4 is 41.0 Å². The second-order valence-corrected chi connectivity index (χ2v) is 7.04. The topological polar surface area (TPSA) is 130 Å². The average molecular weight is 373 g/mol. The van der Waals surface area contributed by atoms with Crippen LogP contribution in [0.1, 0.15) is 16.8 Å². The van der Waals surface area contributed by atoms with E-state index in [1.165, 1.54) is 18.2 Å². The average Bonchev–Trinajstić information content (AvgIpc) is 3.19. The summed E-state index contributed by atoms with van der Waals surface area (Å²) in [5.74, 6) is -4.88. The molecule has 9 heteroatoms. The number of hydrogen-bond donors (Lipinski definition) is 4. The molecule has 0 radical (unpaired) electrons. The van der Waals surface area contributed by atoms with Gasteiger partial charge in [-0.05, 0) is 30.5 Å². The molecule has 0 aliphatic heterocycles. The van der Waals surface area contributed by atoms with Crippen LogP contribution < -0.4 is 11.1 Å². The summed E-state index contributed by atoms with van der Waals surface area (Å²) < 4.78 is 0. The summed E-state index contributed by atoms with van der Waals surface area (Å²) in [5, 5.41) is 21.7. The van der Waals surface area contributed by atoms with E-state index in [0.717, 1.165) is 0 Å². The van der Waals surface area contributed by atoms with Gasteiger partial charge in [-0.25, -0.2) is 0 Å². The van der Waals surface area contributed by atoms with E-state index < -0.39 is 47.2 Å². The molecule has 2 aliphatic carbocycles. The highest BCUT2D eigenvalue weighted by atomic mass is 35.5. The molecule has 0 unspecified atom stereocenters. The van der Waals surface area contributed by atoms with Crippen molar-refractivity contribution in [1.29, 1.82) is 0 Å². The first-order valence-electron chi connectivity index (χ1n) is 7.18. The van der Waals surface area contributed by atoms with Crippen molar-refractivity contribution in [3.8, 4) is 0 Å². The van der Waals surface area contributed by atoms with E-state index in [0.29, 0.717) is 5.02 Å². The van der Waals surface area contributed by atoms with E-state index in [1.807, 2.05) is 0 Å². The Labute approximate surface area is 146 Å². The summed E-state index contributed by atoms with van der Waals surface area (Å²) in [7, 11) is 0. The Bertz CT molecular complexity index is 755. The molecule has 7 nitrogen and oxygen atoms in total. The highest BCUT2D eigenvalue weighted by Gasteiger charge is 2.74. The number of nitrogens with one attached hydrogen (secondary N) is 1. The van der Waals surface area contributed by atoms with E-state index in [2.05, 4.69) is 5.32 Å². The van der Waals surface area contributed by atoms with Gasteiger partial charge in [-0.2, -0.15) is 0 Å². The molecule has 2 saturated carbocycles. The predicted molar refractivity (Wildman–Crippen MR) is 85.0 cm³/mol. The molecule has 1 aromatic carbocycles. The van der Waals surface area contributed by atoms with E-state index in [1.54, 1.807) is 0 Å². The number of hydrogen-bond acceptors (Lipinski definition) is 4. The number of carbonyl (C=O) groups is 3. The molecule has 24 heavy (non-hydrogen) atoms. The van der Waals surface area contributed by atoms with Gasteiger partial charge in [-0.15, -0.1) is 0 Å². The maximum atomic E-state index is 12.3. The SMILES string of the molecule is N[C@]1(C(=O)O)C[C@@H](NC(=O)c2ccc(Cl)c(Cl)c2)[C@@H]2[C@@H](C(=O)O)[C@H]21. The van der Waals surface area contributed by atoms with Crippen LogP contribution in [0.4, 0.5) is 0 Å². The Morgan fingerprint density at radius 3 is 2.42 bits per heavy atom. The van der Waals surface area contributed by atoms with Crippen molar-refractivity contribution in [2.24, 2.45) is 23.5 Å². The summed E-state index contributed by atoms with van der Waals surface area (Å²) in [4.78, 5) is 35.1. The van der Waals surface area contributed by atoms with Gasteiger partial charge in [0.15, 0.2) is 0 Å². The first kappa shape index (κ1) is 17.0. The molecule has 0 bridgehead atoms. The van der Waals surface area contributed by atoms with Gasteiger partial charge in [0.25, 0.3) is 5.91 Å². The minimum atomic E-state index is -1.65. The minimum Gasteiger partial charge on any atom is -0.481 e. The summed E-state index contributed by atoms with van der Waals surface area (Å²) in [5.41, 5.74) is 4.51. The maximum absolute atomic E-state index is 12.3. The number of carbonyl (C=O) groups excluding carboxylic acids is 1. The highest BCUT2D eigenvalue weighted by Crippen LogP contribution is 2.61. The number of amides is 1. The van der Waals surface area contributed by atoms with Crippen molar-refractivity contribution in [3.05, 3.63) is 33.8 Å². The van der Waals surface area contributed by atoms with Gasteiger partial charge in [0.2, 0.25) is 0 Å². The van der Waals surface area contributed by atoms with Crippen LogP contribution in [0.3, 0.4) is 0 Å². The number of halogens is 2. The third-order valence-corrected chi connectivity index (χ3v) is 5.61. The molecule has 0 heterocycles. The van der Waals surface area contributed by atoms with E-state index in [4.69, 9.17) is 28.9 Å². The number of carboxylic acids is 2. The summed E-state index contributed by atoms with van der Waals surface area (Å²) in [6.07, 6.45) is -0.0193. The van der Waals surface area contributed by atoms with Gasteiger partial charge < -0.3 is 21.3 Å². The second kappa shape index (κ2) is 5.61. The number of rotatable bonds is 4. The third kappa shape index (κ3) is 2.53. The largest absolute Gasteiger partial charge is 0.481 e. The van der Waals surface area contributed by atoms with Crippen LogP contribution in [-0.2, 0) is 9.59 Å². The Morgan fingerprint density at radius 1 is 1.21 bits per heavy atom. The molecule has 5 N–H and O–H groups in total. The molecule has 1 aromatic rings. The van der Waals surface area contributed by atoms with Gasteiger partial charge in [-0.3, -0.25) is 14.4 Å². The number of carboxylic acid groups (broad SMARTS) is 2. The van der Waals surface area contributed by atoms with E-state index in [-0.39, 0.29) is 17.0 Å². The lowest BCUT2D eigenvalue weighted by Gasteiger charge is -2.25. The van der Waals surface area contributed by atoms with Crippen LogP contribution in [0.25, 0.3) is 0 Å². The zero-order valence-corrected chi connectivity index (χ0v) is 13.7. The Balaban J connectivity index is 1.80. The van der Waals surface area contributed by atoms with Gasteiger partial charge in [0.1, 0.15) is 5.54 Å². The number of aliphatic carboxylic acids is 2. The number of benzene rings is 1. The summed E-state index contributed by atoms with van der Waals surface area (Å²) >= 11 is 11.7. The van der Waals surface area contributed by atoms with Gasteiger partial charge in [0.05, 0.1) is 16.0 Å². The molecule has 5 atom stereocenters. The number of nitrogens with two attached hydrogens (primary N) is 1. The van der Waals surface area contributed by atoms with Crippen LogP contribution in [0, 0.1) is 17.8 Å². The monoisotopic (exact) mass is 372 g/mol. The fourth-order valence-electron chi connectivity index (χ4n) is 3.72. The van der Waals surface area contributed by atoms with Crippen LogP contribution in [0.2, 0.25) is 10.0 Å². The first-order valence-corrected chi connectivity index (χ1v) is 7.93. The van der Waals surface area contributed by atoms with E-state index in [9.17, 15) is 24.6 Å². The lowest BCUT2D eigenvalue weighted by Crippen LogP contribution is -2.52. The zero-order chi connectivity index (χ0) is 17.8. The van der Waals surface area contributed by atoms with Crippen molar-refractivity contribution in [2.45, 2.75) is 18.0 Å². The van der Waals surface area contributed by atoms with Crippen LogP contribution >= 0.6 is 23.2 Å². The fourth-order valence-corrected chi connectivity index (χ4v) is 4.02. The van der Waals surface area contributed by atoms with E-state index >= 15 is 0 Å². The maximum Gasteiger partial charge on any atom is 0.324 e. The Kier molecular flexibility index (Phi) is 3.98. The molecule has 0 saturated heterocycles. The summed E-state index contributed by atoms with van der Waals surface area (Å²) in [6, 6.07) is 3.71. The first-order chi connectivity index (χ1) is 11.2. The standard InChI is InChI=1S/C15H14Cl2N2O5/c16-6-2-1-5(3-7(6)17)12(20)19-8-4-15(18,14(23)24)11-9(8)10(11)13(21)22/h1-3,8-11H,4,18H2,(H,19,20)(H,21,22)(H,23,24)/t8-,9-,10-,11+,15-/m1/s1. The molecule has 0 spiro atoms. The van der Waals surface area contributed by atoms with Crippen molar-refractivity contribution in [2.75, 3.05) is 0 Å². The fraction of sp³-hybridized carbons (Fsp3) is 0.400. The molecule has 128 valence electrons. The lowest BCUT2D eigenvalue weighted by atomic mass is 9.90. The quantitative estimate of drug-likeness (QED) is 0.628. The van der Waals surface area contributed by atoms with Crippen LogP contribution in [0.15, 0.2) is 18.2 Å². The molecule has 1 amide bonds. The van der Waals surface area contributed by atoms with Gasteiger partial charge >= 0.3 is 11.9 Å². The number of fused-ring (bicyclic) bond motifs is 1. The summed E-state index contributed by atoms with van der Waals surface area (Å²) in [6.45, 7) is 0. The van der Waals surface area contributed by atoms with Crippen molar-refractivity contribution in [3.63, 3.8) is 0 Å². The lowest BCUT2D eigenvalue weighted by molar-refractivity contribution is -0.145. The minimum absolute atomic E-state index is 0.0193. The van der Waals surface area contributed by atoms with Crippen LogP contribution in [-0.4, -0.2) is 39.6 Å². The molecule has 0 aromatic heterocycles. The predicted octanol–water partition coefficient (Wildman–Crippen LogP) is 1.22.